The first-order valence-corrected chi connectivity index (χ1v) is 15.7. The number of nitrogen functional groups attached to an aromatic ring is 1. The van der Waals surface area contributed by atoms with E-state index < -0.39 is 16.5 Å². The third kappa shape index (κ3) is 7.41. The molecule has 1 atom stereocenters. The van der Waals surface area contributed by atoms with Gasteiger partial charge in [-0.15, -0.1) is 0 Å². The molecule has 1 unspecified atom stereocenters. The van der Waals surface area contributed by atoms with Crippen LogP contribution in [0.25, 0.3) is 0 Å². The number of anilines is 1. The van der Waals surface area contributed by atoms with E-state index in [9.17, 15) is 14.9 Å². The number of nitrogens with two attached hydrogens (primary N) is 2. The number of hydrogen-bond acceptors (Lipinski definition) is 7. The third-order valence-corrected chi connectivity index (χ3v) is 8.47. The third-order valence-electron chi connectivity index (χ3n) is 8.47. The monoisotopic (exact) mass is 627 g/mol. The molecule has 0 saturated heterocycles. The average molecular weight is 628 g/mol. The molecule has 5 aromatic rings. The van der Waals surface area contributed by atoms with Crippen molar-refractivity contribution < 1.29 is 14.5 Å². The van der Waals surface area contributed by atoms with E-state index in [4.69, 9.17) is 16.2 Å². The van der Waals surface area contributed by atoms with E-state index in [0.717, 1.165) is 22.3 Å². The topological polar surface area (TPSA) is 134 Å². The Morgan fingerprint density at radius 3 is 2.02 bits per heavy atom. The molecule has 0 aliphatic rings. The molecule has 0 aromatic heterocycles. The fourth-order valence-electron chi connectivity index (χ4n) is 6.09. The van der Waals surface area contributed by atoms with Gasteiger partial charge in [0.05, 0.1) is 23.6 Å². The van der Waals surface area contributed by atoms with Crippen LogP contribution in [0.15, 0.2) is 121 Å². The predicted molar refractivity (Wildman–Crippen MR) is 186 cm³/mol. The zero-order valence-corrected chi connectivity index (χ0v) is 26.4. The quantitative estimate of drug-likeness (QED) is 0.0289. The Labute approximate surface area is 275 Å². The number of methoxy groups -OCH3 is 1. The molecular weight excluding hydrogens is 588 g/mol. The maximum atomic E-state index is 14.9. The molecule has 0 fully saturated rings. The zero-order valence-electron chi connectivity index (χ0n) is 26.4. The van der Waals surface area contributed by atoms with Crippen LogP contribution in [0.5, 0.6) is 5.75 Å². The largest absolute Gasteiger partial charge is 0.497 e. The van der Waals surface area contributed by atoms with E-state index in [-0.39, 0.29) is 23.5 Å². The fraction of sp³-hybridized carbons (Fsp3) is 0.205. The van der Waals surface area contributed by atoms with Crippen LogP contribution in [0.3, 0.4) is 0 Å². The first kappa shape index (κ1) is 33.1. The summed E-state index contributed by atoms with van der Waals surface area (Å²) in [5.74, 6) is 0.429. The number of carbonyl (C=O) groups excluding carboxylic acids is 1. The van der Waals surface area contributed by atoms with E-state index in [0.29, 0.717) is 42.8 Å². The second-order valence-electron chi connectivity index (χ2n) is 11.4. The second-order valence-corrected chi connectivity index (χ2v) is 11.4. The fourth-order valence-corrected chi connectivity index (χ4v) is 6.09. The molecular formula is C39H39N4O4. The normalized spacial score (nSPS) is 12.0. The van der Waals surface area contributed by atoms with Crippen LogP contribution in [0.4, 0.5) is 11.4 Å². The van der Waals surface area contributed by atoms with Crippen molar-refractivity contribution >= 4 is 17.2 Å². The van der Waals surface area contributed by atoms with E-state index >= 15 is 0 Å². The number of nitrogens with one attached hydrogen (secondary N) is 1. The zero-order chi connectivity index (χ0) is 33.2. The number of nitro benzene ring substituents is 1. The van der Waals surface area contributed by atoms with Crippen molar-refractivity contribution in [3.63, 3.8) is 0 Å². The molecule has 0 saturated carbocycles. The van der Waals surface area contributed by atoms with Gasteiger partial charge in [-0.25, -0.2) is 0 Å². The SMILES string of the molecule is COc1ccc(C(NC(CCCCN)C(=O)c2[c]ccc([N+](=O)[O-])c2Cc2ccc(N)cc2)(c2ccccc2)c2ccccc2)cc1. The van der Waals surface area contributed by atoms with E-state index in [2.05, 4.69) is 11.4 Å². The van der Waals surface area contributed by atoms with Crippen LogP contribution in [-0.2, 0) is 12.0 Å². The highest BCUT2D eigenvalue weighted by Gasteiger charge is 2.40. The summed E-state index contributed by atoms with van der Waals surface area (Å²) in [6.45, 7) is 0.479. The van der Waals surface area contributed by atoms with Crippen molar-refractivity contribution in [1.29, 1.82) is 0 Å². The Morgan fingerprint density at radius 2 is 1.47 bits per heavy atom. The molecule has 0 aliphatic heterocycles. The summed E-state index contributed by atoms with van der Waals surface area (Å²) in [4.78, 5) is 26.7. The molecule has 47 heavy (non-hydrogen) atoms. The minimum absolute atomic E-state index is 0.128. The summed E-state index contributed by atoms with van der Waals surface area (Å²) in [7, 11) is 1.62. The molecule has 0 bridgehead atoms. The van der Waals surface area contributed by atoms with Gasteiger partial charge in [0, 0.05) is 29.3 Å². The highest BCUT2D eigenvalue weighted by molar-refractivity contribution is 6.02. The number of nitrogens with zero attached hydrogens (tertiary/aromatic N) is 1. The highest BCUT2D eigenvalue weighted by Crippen LogP contribution is 2.39. The van der Waals surface area contributed by atoms with Gasteiger partial charge in [-0.1, -0.05) is 91.3 Å². The number of carbonyl (C=O) groups is 1. The number of ketones is 1. The van der Waals surface area contributed by atoms with Gasteiger partial charge in [-0.3, -0.25) is 20.2 Å². The van der Waals surface area contributed by atoms with Crippen molar-refractivity contribution in [2.75, 3.05) is 19.4 Å². The lowest BCUT2D eigenvalue weighted by Gasteiger charge is -2.40. The molecule has 1 radical (unpaired) electrons. The summed E-state index contributed by atoms with van der Waals surface area (Å²) in [6, 6.07) is 40.1. The maximum Gasteiger partial charge on any atom is 0.273 e. The molecule has 8 heteroatoms. The molecule has 0 aliphatic carbocycles. The predicted octanol–water partition coefficient (Wildman–Crippen LogP) is 6.84. The average Bonchev–Trinajstić information content (AvgIpc) is 3.11. The van der Waals surface area contributed by atoms with E-state index in [1.165, 1.54) is 12.1 Å². The second kappa shape index (κ2) is 15.3. The summed E-state index contributed by atoms with van der Waals surface area (Å²) in [5, 5.41) is 16.1. The van der Waals surface area contributed by atoms with Crippen molar-refractivity contribution in [1.82, 2.24) is 5.32 Å². The molecule has 5 N–H and O–H groups in total. The Balaban J connectivity index is 1.69. The van der Waals surface area contributed by atoms with Gasteiger partial charge < -0.3 is 16.2 Å². The van der Waals surface area contributed by atoms with Crippen molar-refractivity contribution in [2.24, 2.45) is 5.73 Å². The van der Waals surface area contributed by atoms with Crippen LogP contribution in [0, 0.1) is 16.2 Å². The standard InChI is InChI=1S/C39H39N4O4/c1-47-33-24-20-31(21-25-33)39(29-11-4-2-5-12-29,30-13-6-3-7-14-30)42-36(16-8-9-26-40)38(44)34-15-10-17-37(43(45)46)35(34)27-28-18-22-32(41)23-19-28/h2-7,10-14,17-25,36,42H,8-9,16,26-27,40-41H2,1H3. The van der Waals surface area contributed by atoms with Gasteiger partial charge in [0.2, 0.25) is 0 Å². The van der Waals surface area contributed by atoms with Crippen LogP contribution >= 0.6 is 0 Å². The van der Waals surface area contributed by atoms with Gasteiger partial charge in [0.1, 0.15) is 5.75 Å². The first-order chi connectivity index (χ1) is 22.9. The lowest BCUT2D eigenvalue weighted by molar-refractivity contribution is -0.385. The van der Waals surface area contributed by atoms with Crippen molar-refractivity contribution in [3.05, 3.63) is 171 Å². The maximum absolute atomic E-state index is 14.9. The van der Waals surface area contributed by atoms with Gasteiger partial charge in [-0.2, -0.15) is 0 Å². The first-order valence-electron chi connectivity index (χ1n) is 15.7. The lowest BCUT2D eigenvalue weighted by atomic mass is 9.75. The van der Waals surface area contributed by atoms with Crippen LogP contribution < -0.4 is 21.5 Å². The van der Waals surface area contributed by atoms with Gasteiger partial charge in [-0.05, 0) is 78.0 Å². The minimum atomic E-state index is -0.977. The van der Waals surface area contributed by atoms with E-state index in [1.54, 1.807) is 19.2 Å². The number of hydrogen-bond donors (Lipinski definition) is 3. The summed E-state index contributed by atoms with van der Waals surface area (Å²) >= 11 is 0. The van der Waals surface area contributed by atoms with Crippen LogP contribution in [0.2, 0.25) is 0 Å². The van der Waals surface area contributed by atoms with Crippen molar-refractivity contribution in [3.8, 4) is 5.75 Å². The molecule has 5 aromatic carbocycles. The Bertz CT molecular complexity index is 1740. The van der Waals surface area contributed by atoms with E-state index in [1.807, 2.05) is 97.1 Å². The van der Waals surface area contributed by atoms with Gasteiger partial charge in [0.15, 0.2) is 5.78 Å². The molecule has 0 amide bonds. The molecule has 5 rings (SSSR count). The van der Waals surface area contributed by atoms with Crippen LogP contribution in [-0.4, -0.2) is 30.4 Å². The summed E-state index contributed by atoms with van der Waals surface area (Å²) < 4.78 is 5.48. The lowest BCUT2D eigenvalue weighted by Crippen LogP contribution is -2.52. The van der Waals surface area contributed by atoms with Crippen molar-refractivity contribution in [2.45, 2.75) is 37.3 Å². The minimum Gasteiger partial charge on any atom is -0.497 e. The molecule has 8 nitrogen and oxygen atoms in total. The number of unbranched alkanes of at least 4 members (excludes halogenated alkanes) is 1. The smallest absolute Gasteiger partial charge is 0.273 e. The number of benzene rings is 5. The summed E-state index contributed by atoms with van der Waals surface area (Å²) in [5.41, 5.74) is 15.3. The number of nitro groups is 1. The number of Topliss-reactive ketones (excluding diaryl/α,β-unsaturated/α-hetero) is 1. The summed E-state index contributed by atoms with van der Waals surface area (Å²) in [6.07, 6.45) is 2.01. The molecule has 0 heterocycles. The Hall–Kier alpha value is -5.31. The number of ether oxygens (including phenoxy) is 1. The van der Waals surface area contributed by atoms with Gasteiger partial charge in [0.25, 0.3) is 5.69 Å². The molecule has 0 spiro atoms. The Morgan fingerprint density at radius 1 is 0.872 bits per heavy atom. The van der Waals surface area contributed by atoms with Crippen LogP contribution in [0.1, 0.15) is 57.4 Å². The molecule has 239 valence electrons. The highest BCUT2D eigenvalue weighted by atomic mass is 16.6. The number of rotatable bonds is 15. The Kier molecular flexibility index (Phi) is 10.8. The van der Waals surface area contributed by atoms with Gasteiger partial charge >= 0.3 is 0 Å².